The Labute approximate surface area is 234 Å². The van der Waals surface area contributed by atoms with E-state index in [1.807, 2.05) is 60.7 Å². The van der Waals surface area contributed by atoms with Crippen molar-refractivity contribution in [2.24, 2.45) is 7.05 Å². The summed E-state index contributed by atoms with van der Waals surface area (Å²) < 4.78 is 2.44. The molecule has 184 valence electrons. The Morgan fingerprint density at radius 3 is 2.33 bits per heavy atom. The molecule has 0 bridgehead atoms. The number of benzene rings is 2. The second-order valence-electron chi connectivity index (χ2n) is 8.41. The topological polar surface area (TPSA) is 34.9 Å². The predicted molar refractivity (Wildman–Crippen MR) is 155 cm³/mol. The molecule has 0 amide bonds. The van der Waals surface area contributed by atoms with Crippen molar-refractivity contribution in [3.8, 4) is 0 Å². The smallest absolute Gasteiger partial charge is 0.251 e. The van der Waals surface area contributed by atoms with Crippen LogP contribution < -0.4 is 5.56 Å². The number of aromatic nitrogens is 2. The molecule has 3 nitrogen and oxygen atoms in total. The van der Waals surface area contributed by atoms with E-state index in [9.17, 15) is 4.79 Å². The molecular weight excluding hydrogens is 554 g/mol. The van der Waals surface area contributed by atoms with Crippen molar-refractivity contribution in [3.05, 3.63) is 132 Å². The van der Waals surface area contributed by atoms with Crippen molar-refractivity contribution < 1.29 is 0 Å². The Balaban J connectivity index is 0.00000304. The molecule has 5 rings (SSSR count). The number of halogens is 4. The van der Waals surface area contributed by atoms with Crippen molar-refractivity contribution in [2.75, 3.05) is 0 Å². The highest BCUT2D eigenvalue weighted by atomic mass is 35.5. The minimum atomic E-state index is -0.986. The maximum Gasteiger partial charge on any atom is 0.251 e. The summed E-state index contributed by atoms with van der Waals surface area (Å²) in [5.41, 5.74) is 4.43. The average molecular weight is 576 g/mol. The van der Waals surface area contributed by atoms with E-state index >= 15 is 0 Å². The molecule has 0 aliphatic rings. The van der Waals surface area contributed by atoms with Gasteiger partial charge in [0, 0.05) is 46.4 Å². The van der Waals surface area contributed by atoms with Gasteiger partial charge in [-0.25, -0.2) is 0 Å². The number of aryl methyl sites for hydroxylation is 3. The fourth-order valence-electron chi connectivity index (χ4n) is 4.44. The lowest BCUT2D eigenvalue weighted by Crippen LogP contribution is -2.23. The number of alkyl halides is 1. The molecule has 0 aliphatic carbocycles. The van der Waals surface area contributed by atoms with E-state index in [1.165, 1.54) is 4.88 Å². The van der Waals surface area contributed by atoms with E-state index in [-0.39, 0.29) is 18.0 Å². The lowest BCUT2D eigenvalue weighted by Gasteiger charge is -2.29. The molecule has 36 heavy (non-hydrogen) atoms. The molecule has 5 aromatic rings. The molecular formula is C28H22Cl4N2OS. The third-order valence-corrected chi connectivity index (χ3v) is 8.50. The van der Waals surface area contributed by atoms with Gasteiger partial charge in [0.1, 0.15) is 4.87 Å². The number of hydrogen-bond acceptors (Lipinski definition) is 3. The molecule has 0 spiro atoms. The minimum absolute atomic E-state index is 0. The zero-order valence-electron chi connectivity index (χ0n) is 19.3. The largest absolute Gasteiger partial charge is 0.311 e. The Bertz CT molecular complexity index is 1560. The van der Waals surface area contributed by atoms with Crippen LogP contribution in [0.2, 0.25) is 9.36 Å². The summed E-state index contributed by atoms with van der Waals surface area (Å²) in [5.74, 6) is 0. The Hall–Kier alpha value is -2.34. The molecule has 2 aromatic carbocycles. The normalized spacial score (nSPS) is 12.8. The molecule has 1 atom stereocenters. The summed E-state index contributed by atoms with van der Waals surface area (Å²) in [5, 5.41) is 1.64. The highest BCUT2D eigenvalue weighted by molar-refractivity contribution is 7.16. The molecule has 0 radical (unpaired) electrons. The molecule has 0 N–H and O–H groups in total. The molecule has 0 aliphatic heterocycles. The second-order valence-corrected chi connectivity index (χ2v) is 11.2. The van der Waals surface area contributed by atoms with Crippen molar-refractivity contribution >= 4 is 69.4 Å². The zero-order valence-corrected chi connectivity index (χ0v) is 23.2. The van der Waals surface area contributed by atoms with Gasteiger partial charge in [0.05, 0.1) is 9.85 Å². The lowest BCUT2D eigenvalue weighted by molar-refractivity contribution is 0.864. The van der Waals surface area contributed by atoms with Gasteiger partial charge in [-0.1, -0.05) is 47.5 Å². The van der Waals surface area contributed by atoms with Crippen LogP contribution in [0.4, 0.5) is 0 Å². The van der Waals surface area contributed by atoms with Gasteiger partial charge in [-0.3, -0.25) is 9.78 Å². The molecule has 0 saturated carbocycles. The van der Waals surface area contributed by atoms with Gasteiger partial charge in [0.15, 0.2) is 0 Å². The molecule has 3 heterocycles. The summed E-state index contributed by atoms with van der Waals surface area (Å²) in [6.45, 7) is 0. The Morgan fingerprint density at radius 1 is 0.917 bits per heavy atom. The summed E-state index contributed by atoms with van der Waals surface area (Å²) in [4.78, 5) is 17.2. The van der Waals surface area contributed by atoms with Gasteiger partial charge in [0.2, 0.25) is 0 Å². The average Bonchev–Trinajstić information content (AvgIpc) is 3.30. The molecule has 1 unspecified atom stereocenters. The van der Waals surface area contributed by atoms with Gasteiger partial charge in [-0.15, -0.1) is 35.3 Å². The first-order valence-electron chi connectivity index (χ1n) is 11.1. The summed E-state index contributed by atoms with van der Waals surface area (Å²) in [6.07, 6.45) is 5.04. The SMILES string of the molecule is Cl.Cn1c(=O)cc(CCc2ccc(Cl)s2)c2cc(C(Cl)(c3ccc(Cl)cc3)c3cccnc3)ccc21. The summed E-state index contributed by atoms with van der Waals surface area (Å²) >= 11 is 21.4. The van der Waals surface area contributed by atoms with Gasteiger partial charge in [-0.2, -0.15) is 0 Å². The van der Waals surface area contributed by atoms with Crippen LogP contribution in [0.25, 0.3) is 10.9 Å². The van der Waals surface area contributed by atoms with E-state index in [0.29, 0.717) is 5.02 Å². The molecule has 0 saturated heterocycles. The van der Waals surface area contributed by atoms with E-state index in [1.54, 1.807) is 41.4 Å². The van der Waals surface area contributed by atoms with Crippen molar-refractivity contribution in [2.45, 2.75) is 17.7 Å². The number of fused-ring (bicyclic) bond motifs is 1. The lowest BCUT2D eigenvalue weighted by atomic mass is 9.84. The van der Waals surface area contributed by atoms with Crippen LogP contribution in [0, 0.1) is 0 Å². The van der Waals surface area contributed by atoms with E-state index < -0.39 is 4.87 Å². The standard InChI is InChI=1S/C28H21Cl3N2OS.ClH/c1-33-25-12-7-20(16-24(25)18(15-27(33)34)4-10-23-11-13-26(30)35-23)28(31,21-3-2-14-32-17-21)19-5-8-22(29)9-6-19;/h2-3,5-9,11-17H,4,10H2,1H3;1H. The predicted octanol–water partition coefficient (Wildman–Crippen LogP) is 8.04. The highest BCUT2D eigenvalue weighted by Gasteiger charge is 2.35. The van der Waals surface area contributed by atoms with E-state index in [0.717, 1.165) is 50.3 Å². The number of hydrogen-bond donors (Lipinski definition) is 0. The summed E-state index contributed by atoms with van der Waals surface area (Å²) in [7, 11) is 1.79. The minimum Gasteiger partial charge on any atom is -0.311 e. The van der Waals surface area contributed by atoms with Crippen LogP contribution in [0.3, 0.4) is 0 Å². The third-order valence-electron chi connectivity index (χ3n) is 6.30. The monoisotopic (exact) mass is 574 g/mol. The maximum absolute atomic E-state index is 12.7. The van der Waals surface area contributed by atoms with Crippen LogP contribution in [0.5, 0.6) is 0 Å². The first-order chi connectivity index (χ1) is 16.9. The van der Waals surface area contributed by atoms with Crippen LogP contribution >= 0.6 is 58.5 Å². The van der Waals surface area contributed by atoms with Gasteiger partial charge in [0.25, 0.3) is 5.56 Å². The highest BCUT2D eigenvalue weighted by Crippen LogP contribution is 2.44. The Morgan fingerprint density at radius 2 is 1.67 bits per heavy atom. The van der Waals surface area contributed by atoms with Crippen molar-refractivity contribution in [3.63, 3.8) is 0 Å². The fraction of sp³-hybridized carbons (Fsp3) is 0.143. The van der Waals surface area contributed by atoms with Crippen molar-refractivity contribution in [1.29, 1.82) is 0 Å². The van der Waals surface area contributed by atoms with Gasteiger partial charge in [-0.05, 0) is 72.0 Å². The van der Waals surface area contributed by atoms with Crippen LogP contribution in [0.15, 0.2) is 90.0 Å². The van der Waals surface area contributed by atoms with Crippen molar-refractivity contribution in [1.82, 2.24) is 9.55 Å². The second kappa shape index (κ2) is 11.0. The zero-order chi connectivity index (χ0) is 24.6. The van der Waals surface area contributed by atoms with Crippen LogP contribution in [0.1, 0.15) is 27.1 Å². The maximum atomic E-state index is 12.7. The first kappa shape index (κ1) is 26.7. The number of rotatable bonds is 6. The quantitative estimate of drug-likeness (QED) is 0.192. The number of pyridine rings is 2. The Kier molecular flexibility index (Phi) is 8.13. The van der Waals surface area contributed by atoms with E-state index in [4.69, 9.17) is 34.8 Å². The van der Waals surface area contributed by atoms with Gasteiger partial charge >= 0.3 is 0 Å². The summed E-state index contributed by atoms with van der Waals surface area (Å²) in [6, 6.07) is 23.1. The number of nitrogens with zero attached hydrogens (tertiary/aromatic N) is 2. The van der Waals surface area contributed by atoms with Crippen LogP contribution in [-0.2, 0) is 24.8 Å². The first-order valence-corrected chi connectivity index (χ1v) is 13.0. The van der Waals surface area contributed by atoms with Gasteiger partial charge < -0.3 is 4.57 Å². The molecule has 3 aromatic heterocycles. The third kappa shape index (κ3) is 5.06. The molecule has 8 heteroatoms. The fourth-order valence-corrected chi connectivity index (χ4v) is 6.01. The van der Waals surface area contributed by atoms with E-state index in [2.05, 4.69) is 11.1 Å². The molecule has 0 fully saturated rings. The number of thiophene rings is 1. The van der Waals surface area contributed by atoms with Crippen LogP contribution in [-0.4, -0.2) is 9.55 Å².